The summed E-state index contributed by atoms with van der Waals surface area (Å²) in [6.45, 7) is 8.45. The fraction of sp³-hybridized carbons (Fsp3) is 0.706. The Morgan fingerprint density at radius 2 is 2.00 bits per heavy atom. The van der Waals surface area contributed by atoms with Crippen LogP contribution in [0.1, 0.15) is 24.8 Å². The SMILES string of the molecule is Cc1cnc(N2CCC(CCN3CCOCC3)CC2)c([N+](=O)[O-])c1. The van der Waals surface area contributed by atoms with E-state index in [4.69, 9.17) is 4.74 Å². The van der Waals surface area contributed by atoms with Crippen LogP contribution in [0, 0.1) is 23.0 Å². The van der Waals surface area contributed by atoms with Crippen LogP contribution in [0.25, 0.3) is 0 Å². The van der Waals surface area contributed by atoms with Crippen molar-refractivity contribution in [2.24, 2.45) is 5.92 Å². The smallest absolute Gasteiger partial charge is 0.311 e. The number of hydrogen-bond acceptors (Lipinski definition) is 6. The monoisotopic (exact) mass is 334 g/mol. The molecule has 2 fully saturated rings. The number of pyridine rings is 1. The number of hydrogen-bond donors (Lipinski definition) is 0. The van der Waals surface area contributed by atoms with Crippen LogP contribution in [0.15, 0.2) is 12.3 Å². The van der Waals surface area contributed by atoms with Crippen LogP contribution in [0.5, 0.6) is 0 Å². The van der Waals surface area contributed by atoms with Crippen molar-refractivity contribution in [1.82, 2.24) is 9.88 Å². The molecule has 7 nitrogen and oxygen atoms in total. The maximum atomic E-state index is 11.3. The molecule has 7 heteroatoms. The highest BCUT2D eigenvalue weighted by Crippen LogP contribution is 2.30. The van der Waals surface area contributed by atoms with Crippen LogP contribution in [0.3, 0.4) is 0 Å². The minimum Gasteiger partial charge on any atom is -0.379 e. The van der Waals surface area contributed by atoms with Crippen molar-refractivity contribution in [1.29, 1.82) is 0 Å². The molecule has 0 N–H and O–H groups in total. The lowest BCUT2D eigenvalue weighted by atomic mass is 9.93. The maximum absolute atomic E-state index is 11.3. The summed E-state index contributed by atoms with van der Waals surface area (Å²) in [7, 11) is 0. The molecule has 0 amide bonds. The van der Waals surface area contributed by atoms with Gasteiger partial charge in [0.1, 0.15) is 0 Å². The molecule has 1 aromatic rings. The van der Waals surface area contributed by atoms with Crippen LogP contribution in [-0.4, -0.2) is 60.7 Å². The average molecular weight is 334 g/mol. The summed E-state index contributed by atoms with van der Waals surface area (Å²) < 4.78 is 5.38. The zero-order chi connectivity index (χ0) is 16.9. The molecule has 0 aliphatic carbocycles. The third kappa shape index (κ3) is 4.21. The van der Waals surface area contributed by atoms with E-state index in [1.807, 2.05) is 6.92 Å². The number of aryl methyl sites for hydroxylation is 1. The first kappa shape index (κ1) is 17.1. The van der Waals surface area contributed by atoms with Gasteiger partial charge in [-0.3, -0.25) is 15.0 Å². The van der Waals surface area contributed by atoms with Gasteiger partial charge in [0.05, 0.1) is 18.1 Å². The van der Waals surface area contributed by atoms with Crippen molar-refractivity contribution in [3.63, 3.8) is 0 Å². The van der Waals surface area contributed by atoms with Crippen LogP contribution < -0.4 is 4.90 Å². The first-order valence-corrected chi connectivity index (χ1v) is 8.79. The molecule has 24 heavy (non-hydrogen) atoms. The standard InChI is InChI=1S/C17H26N4O3/c1-14-12-16(21(22)23)17(18-13-14)20-6-3-15(4-7-20)2-5-19-8-10-24-11-9-19/h12-13,15H,2-11H2,1H3. The van der Waals surface area contributed by atoms with Crippen molar-refractivity contribution < 1.29 is 9.66 Å². The largest absolute Gasteiger partial charge is 0.379 e. The number of nitro groups is 1. The third-order valence-corrected chi connectivity index (χ3v) is 5.05. The second-order valence-electron chi connectivity index (χ2n) is 6.79. The Balaban J connectivity index is 1.52. The molecule has 0 saturated carbocycles. The van der Waals surface area contributed by atoms with Crippen molar-refractivity contribution in [3.05, 3.63) is 27.9 Å². The molecule has 0 aromatic carbocycles. The molecule has 3 heterocycles. The summed E-state index contributed by atoms with van der Waals surface area (Å²) in [5.74, 6) is 1.23. The minimum atomic E-state index is -0.320. The predicted octanol–water partition coefficient (Wildman–Crippen LogP) is 2.24. The average Bonchev–Trinajstić information content (AvgIpc) is 2.61. The quantitative estimate of drug-likeness (QED) is 0.607. The van der Waals surface area contributed by atoms with Gasteiger partial charge in [-0.15, -0.1) is 0 Å². The van der Waals surface area contributed by atoms with Gasteiger partial charge < -0.3 is 9.64 Å². The van der Waals surface area contributed by atoms with E-state index in [1.165, 1.54) is 6.42 Å². The number of nitrogens with zero attached hydrogens (tertiary/aromatic N) is 4. The summed E-state index contributed by atoms with van der Waals surface area (Å²) in [5.41, 5.74) is 0.951. The fourth-order valence-corrected chi connectivity index (χ4v) is 3.55. The highest BCUT2D eigenvalue weighted by Gasteiger charge is 2.26. The van der Waals surface area contributed by atoms with Crippen molar-refractivity contribution in [3.8, 4) is 0 Å². The normalized spacial score (nSPS) is 20.3. The molecule has 0 spiro atoms. The first-order valence-electron chi connectivity index (χ1n) is 8.79. The Hall–Kier alpha value is -1.73. The molecular weight excluding hydrogens is 308 g/mol. The summed E-state index contributed by atoms with van der Waals surface area (Å²) in [4.78, 5) is 19.8. The van der Waals surface area contributed by atoms with Gasteiger partial charge in [-0.25, -0.2) is 4.98 Å². The summed E-state index contributed by atoms with van der Waals surface area (Å²) in [6, 6.07) is 1.62. The van der Waals surface area contributed by atoms with Gasteiger partial charge in [0.15, 0.2) is 0 Å². The molecule has 0 radical (unpaired) electrons. The van der Waals surface area contributed by atoms with Gasteiger partial charge in [-0.05, 0) is 44.2 Å². The molecule has 3 rings (SSSR count). The van der Waals surface area contributed by atoms with Crippen molar-refractivity contribution in [2.45, 2.75) is 26.2 Å². The fourth-order valence-electron chi connectivity index (χ4n) is 3.55. The molecule has 0 unspecified atom stereocenters. The highest BCUT2D eigenvalue weighted by atomic mass is 16.6. The molecule has 132 valence electrons. The van der Waals surface area contributed by atoms with Crippen LogP contribution in [-0.2, 0) is 4.74 Å². The Labute approximate surface area is 142 Å². The summed E-state index contributed by atoms with van der Waals surface area (Å²) >= 11 is 0. The van der Waals surface area contributed by atoms with E-state index in [0.717, 1.165) is 64.3 Å². The number of anilines is 1. The summed E-state index contributed by atoms with van der Waals surface area (Å²) in [6.07, 6.45) is 5.08. The second kappa shape index (κ2) is 7.90. The highest BCUT2D eigenvalue weighted by molar-refractivity contribution is 5.58. The van der Waals surface area contributed by atoms with Gasteiger partial charge in [0.2, 0.25) is 5.82 Å². The molecule has 2 aliphatic heterocycles. The van der Waals surface area contributed by atoms with E-state index in [1.54, 1.807) is 12.3 Å². The van der Waals surface area contributed by atoms with Crippen LogP contribution >= 0.6 is 0 Å². The number of ether oxygens (including phenoxy) is 1. The van der Waals surface area contributed by atoms with Gasteiger partial charge in [0, 0.05) is 38.4 Å². The Kier molecular flexibility index (Phi) is 5.63. The van der Waals surface area contributed by atoms with E-state index < -0.39 is 0 Å². The maximum Gasteiger partial charge on any atom is 0.311 e. The zero-order valence-corrected chi connectivity index (χ0v) is 14.3. The van der Waals surface area contributed by atoms with E-state index >= 15 is 0 Å². The van der Waals surface area contributed by atoms with Gasteiger partial charge >= 0.3 is 5.69 Å². The minimum absolute atomic E-state index is 0.127. The van der Waals surface area contributed by atoms with Gasteiger partial charge in [-0.2, -0.15) is 0 Å². The molecule has 2 aliphatic rings. The van der Waals surface area contributed by atoms with Crippen molar-refractivity contribution >= 4 is 11.5 Å². The molecule has 2 saturated heterocycles. The Morgan fingerprint density at radius 3 is 2.67 bits per heavy atom. The van der Waals surface area contributed by atoms with E-state index in [9.17, 15) is 10.1 Å². The number of aromatic nitrogens is 1. The second-order valence-corrected chi connectivity index (χ2v) is 6.79. The van der Waals surface area contributed by atoms with E-state index in [0.29, 0.717) is 11.7 Å². The molecule has 1 aromatic heterocycles. The number of piperidine rings is 1. The zero-order valence-electron chi connectivity index (χ0n) is 14.3. The van der Waals surface area contributed by atoms with Gasteiger partial charge in [-0.1, -0.05) is 0 Å². The molecule has 0 atom stereocenters. The first-order chi connectivity index (χ1) is 11.6. The van der Waals surface area contributed by atoms with Gasteiger partial charge in [0.25, 0.3) is 0 Å². The van der Waals surface area contributed by atoms with Crippen molar-refractivity contribution in [2.75, 3.05) is 50.8 Å². The number of rotatable bonds is 5. The lowest BCUT2D eigenvalue weighted by Crippen LogP contribution is -2.39. The lowest BCUT2D eigenvalue weighted by Gasteiger charge is -2.34. The predicted molar refractivity (Wildman–Crippen MR) is 92.4 cm³/mol. The molecule has 0 bridgehead atoms. The lowest BCUT2D eigenvalue weighted by molar-refractivity contribution is -0.384. The topological polar surface area (TPSA) is 71.7 Å². The Bertz CT molecular complexity index is 567. The summed E-state index contributed by atoms with van der Waals surface area (Å²) in [5, 5.41) is 11.3. The Morgan fingerprint density at radius 1 is 1.29 bits per heavy atom. The number of morpholine rings is 1. The van der Waals surface area contributed by atoms with E-state index in [-0.39, 0.29) is 10.6 Å². The molecular formula is C17H26N4O3. The van der Waals surface area contributed by atoms with Crippen LogP contribution in [0.4, 0.5) is 11.5 Å². The third-order valence-electron chi connectivity index (χ3n) is 5.05. The van der Waals surface area contributed by atoms with Crippen LogP contribution in [0.2, 0.25) is 0 Å². The van der Waals surface area contributed by atoms with E-state index in [2.05, 4.69) is 14.8 Å².